The molecule has 1 nitrogen and oxygen atoms in total. The van der Waals surface area contributed by atoms with Crippen LogP contribution >= 0.6 is 0 Å². The van der Waals surface area contributed by atoms with Crippen LogP contribution in [0.3, 0.4) is 0 Å². The zero-order valence-corrected chi connectivity index (χ0v) is 10.6. The van der Waals surface area contributed by atoms with Gasteiger partial charge in [-0.2, -0.15) is 0 Å². The molecule has 16 heavy (non-hydrogen) atoms. The average Bonchev–Trinajstić information content (AvgIpc) is 2.28. The molecule has 2 unspecified atom stereocenters. The molecule has 0 aromatic carbocycles. The molecule has 0 saturated heterocycles. The number of hydrogen-bond acceptors (Lipinski definition) is 1. The first-order chi connectivity index (χ1) is 7.63. The largest absolute Gasteiger partial charge is 0.392 e. The van der Waals surface area contributed by atoms with Crippen molar-refractivity contribution in [1.29, 1.82) is 0 Å². The van der Waals surface area contributed by atoms with Crippen molar-refractivity contribution < 1.29 is 5.11 Å². The van der Waals surface area contributed by atoms with Crippen LogP contribution in [0.15, 0.2) is 23.8 Å². The summed E-state index contributed by atoms with van der Waals surface area (Å²) in [4.78, 5) is 0. The van der Waals surface area contributed by atoms with E-state index in [4.69, 9.17) is 0 Å². The standard InChI is InChI=1S/C15H24O/c1-10-4-6-13-11(2)5-7-14(12(3)9-16)15(13)8-10/h8,11,13-16H,3-7,9H2,1-2H3/t11-,13?,14+,15?/m0/s1. The highest BCUT2D eigenvalue weighted by Gasteiger charge is 2.38. The fourth-order valence-electron chi connectivity index (χ4n) is 3.64. The zero-order valence-electron chi connectivity index (χ0n) is 10.6. The number of aliphatic hydroxyl groups is 1. The van der Waals surface area contributed by atoms with Crippen LogP contribution in [0.25, 0.3) is 0 Å². The van der Waals surface area contributed by atoms with Crippen LogP contribution < -0.4 is 0 Å². The molecule has 1 N–H and O–H groups in total. The SMILES string of the molecule is C=C(CO)[C@H]1CC[C@H](C)C2CCC(C)=CC21. The van der Waals surface area contributed by atoms with E-state index < -0.39 is 0 Å². The Morgan fingerprint density at radius 1 is 1.44 bits per heavy atom. The number of hydrogen-bond donors (Lipinski definition) is 1. The minimum absolute atomic E-state index is 0.162. The third-order valence-corrected chi connectivity index (χ3v) is 4.70. The van der Waals surface area contributed by atoms with E-state index in [1.54, 1.807) is 0 Å². The number of aliphatic hydroxyl groups excluding tert-OH is 1. The maximum atomic E-state index is 9.29. The topological polar surface area (TPSA) is 20.2 Å². The molecule has 0 amide bonds. The first-order valence-corrected chi connectivity index (χ1v) is 6.59. The Morgan fingerprint density at radius 2 is 2.19 bits per heavy atom. The maximum Gasteiger partial charge on any atom is 0.0642 e. The molecular formula is C15H24O. The Kier molecular flexibility index (Phi) is 3.53. The second kappa shape index (κ2) is 4.75. The van der Waals surface area contributed by atoms with Gasteiger partial charge in [0, 0.05) is 0 Å². The van der Waals surface area contributed by atoms with Crippen molar-refractivity contribution in [2.24, 2.45) is 23.7 Å². The average molecular weight is 220 g/mol. The Balaban J connectivity index is 2.22. The number of rotatable bonds is 2. The van der Waals surface area contributed by atoms with Crippen LogP contribution in [-0.2, 0) is 0 Å². The summed E-state index contributed by atoms with van der Waals surface area (Å²) in [7, 11) is 0. The van der Waals surface area contributed by atoms with E-state index >= 15 is 0 Å². The fourth-order valence-corrected chi connectivity index (χ4v) is 3.64. The van der Waals surface area contributed by atoms with Crippen molar-refractivity contribution in [2.45, 2.75) is 39.5 Å². The number of allylic oxidation sites excluding steroid dienone is 2. The highest BCUT2D eigenvalue weighted by molar-refractivity contribution is 5.16. The Bertz CT molecular complexity index is 303. The van der Waals surface area contributed by atoms with Crippen LogP contribution in [0.2, 0.25) is 0 Å². The van der Waals surface area contributed by atoms with Gasteiger partial charge in [-0.1, -0.05) is 25.2 Å². The van der Waals surface area contributed by atoms with Gasteiger partial charge in [0.1, 0.15) is 0 Å². The van der Waals surface area contributed by atoms with Gasteiger partial charge in [0.2, 0.25) is 0 Å². The summed E-state index contributed by atoms with van der Waals surface area (Å²) in [6.45, 7) is 8.86. The third kappa shape index (κ3) is 2.10. The molecule has 1 fully saturated rings. The highest BCUT2D eigenvalue weighted by Crippen LogP contribution is 2.47. The maximum absolute atomic E-state index is 9.29. The van der Waals surface area contributed by atoms with Crippen molar-refractivity contribution in [3.63, 3.8) is 0 Å². The van der Waals surface area contributed by atoms with E-state index in [1.165, 1.54) is 31.3 Å². The summed E-state index contributed by atoms with van der Waals surface area (Å²) < 4.78 is 0. The van der Waals surface area contributed by atoms with Gasteiger partial charge in [-0.05, 0) is 61.9 Å². The molecule has 0 heterocycles. The second-order valence-corrected chi connectivity index (χ2v) is 5.77. The molecule has 0 aliphatic heterocycles. The summed E-state index contributed by atoms with van der Waals surface area (Å²) in [6.07, 6.45) is 7.59. The zero-order chi connectivity index (χ0) is 11.7. The quantitative estimate of drug-likeness (QED) is 0.706. The number of fused-ring (bicyclic) bond motifs is 1. The molecule has 1 saturated carbocycles. The molecule has 1 heteroatoms. The van der Waals surface area contributed by atoms with Gasteiger partial charge in [-0.3, -0.25) is 0 Å². The monoisotopic (exact) mass is 220 g/mol. The predicted molar refractivity (Wildman–Crippen MR) is 68.1 cm³/mol. The molecule has 2 aliphatic rings. The van der Waals surface area contributed by atoms with E-state index in [0.717, 1.165) is 17.4 Å². The summed E-state index contributed by atoms with van der Waals surface area (Å²) >= 11 is 0. The van der Waals surface area contributed by atoms with Gasteiger partial charge in [0.15, 0.2) is 0 Å². The van der Waals surface area contributed by atoms with Crippen LogP contribution in [0, 0.1) is 23.7 Å². The summed E-state index contributed by atoms with van der Waals surface area (Å²) in [5.41, 5.74) is 2.58. The Morgan fingerprint density at radius 3 is 2.88 bits per heavy atom. The van der Waals surface area contributed by atoms with Crippen molar-refractivity contribution >= 4 is 0 Å². The van der Waals surface area contributed by atoms with Gasteiger partial charge < -0.3 is 5.11 Å². The van der Waals surface area contributed by atoms with Crippen LogP contribution in [-0.4, -0.2) is 11.7 Å². The fraction of sp³-hybridized carbons (Fsp3) is 0.733. The highest BCUT2D eigenvalue weighted by atomic mass is 16.3. The molecule has 2 aliphatic carbocycles. The molecule has 0 bridgehead atoms. The molecule has 90 valence electrons. The van der Waals surface area contributed by atoms with Crippen LogP contribution in [0.5, 0.6) is 0 Å². The second-order valence-electron chi connectivity index (χ2n) is 5.77. The van der Waals surface area contributed by atoms with Crippen molar-refractivity contribution in [2.75, 3.05) is 6.61 Å². The lowest BCUT2D eigenvalue weighted by Gasteiger charge is -2.44. The van der Waals surface area contributed by atoms with Crippen LogP contribution in [0.4, 0.5) is 0 Å². The van der Waals surface area contributed by atoms with E-state index in [2.05, 4.69) is 26.5 Å². The lowest BCUT2D eigenvalue weighted by molar-refractivity contribution is 0.127. The summed E-state index contributed by atoms with van der Waals surface area (Å²) in [5.74, 6) is 2.85. The molecule has 0 aromatic rings. The molecule has 0 spiro atoms. The normalized spacial score (nSPS) is 38.8. The van der Waals surface area contributed by atoms with Gasteiger partial charge in [-0.15, -0.1) is 0 Å². The van der Waals surface area contributed by atoms with Crippen molar-refractivity contribution in [3.8, 4) is 0 Å². The van der Waals surface area contributed by atoms with Gasteiger partial charge in [-0.25, -0.2) is 0 Å². The van der Waals surface area contributed by atoms with E-state index in [9.17, 15) is 5.11 Å². The van der Waals surface area contributed by atoms with E-state index in [-0.39, 0.29) is 6.61 Å². The lowest BCUT2D eigenvalue weighted by Crippen LogP contribution is -2.35. The molecule has 4 atom stereocenters. The first kappa shape index (κ1) is 11.9. The molecule has 0 aromatic heterocycles. The molecule has 0 radical (unpaired) electrons. The van der Waals surface area contributed by atoms with Gasteiger partial charge in [0.25, 0.3) is 0 Å². The van der Waals surface area contributed by atoms with Crippen molar-refractivity contribution in [3.05, 3.63) is 23.8 Å². The van der Waals surface area contributed by atoms with Gasteiger partial charge >= 0.3 is 0 Å². The van der Waals surface area contributed by atoms with E-state index in [0.29, 0.717) is 11.8 Å². The van der Waals surface area contributed by atoms with E-state index in [1.807, 2.05) is 0 Å². The summed E-state index contributed by atoms with van der Waals surface area (Å²) in [6, 6.07) is 0. The minimum Gasteiger partial charge on any atom is -0.392 e. The first-order valence-electron chi connectivity index (χ1n) is 6.59. The minimum atomic E-state index is 0.162. The third-order valence-electron chi connectivity index (χ3n) is 4.70. The Labute approximate surface area is 99.3 Å². The molecular weight excluding hydrogens is 196 g/mol. The molecule has 2 rings (SSSR count). The smallest absolute Gasteiger partial charge is 0.0642 e. The van der Waals surface area contributed by atoms with Gasteiger partial charge in [0.05, 0.1) is 6.61 Å². The summed E-state index contributed by atoms with van der Waals surface area (Å²) in [5, 5.41) is 9.29. The predicted octanol–water partition coefficient (Wildman–Crippen LogP) is 3.55. The lowest BCUT2D eigenvalue weighted by atomic mass is 9.61. The van der Waals surface area contributed by atoms with Crippen LogP contribution in [0.1, 0.15) is 39.5 Å². The Hall–Kier alpha value is -0.560. The van der Waals surface area contributed by atoms with Crippen molar-refractivity contribution in [1.82, 2.24) is 0 Å².